The predicted octanol–water partition coefficient (Wildman–Crippen LogP) is 1.81. The van der Waals surface area contributed by atoms with Crippen LogP contribution >= 0.6 is 0 Å². The molecule has 7 heteroatoms. The average Bonchev–Trinajstić information content (AvgIpc) is 2.82. The quantitative estimate of drug-likeness (QED) is 0.767. The van der Waals surface area contributed by atoms with E-state index in [4.69, 9.17) is 0 Å². The summed E-state index contributed by atoms with van der Waals surface area (Å²) in [5.41, 5.74) is -0.0737. The van der Waals surface area contributed by atoms with E-state index in [9.17, 15) is 19.5 Å². The average molecular weight is 428 g/mol. The largest absolute Gasteiger partial charge is 0.389 e. The van der Waals surface area contributed by atoms with E-state index in [1.807, 2.05) is 11.0 Å². The minimum Gasteiger partial charge on any atom is -0.389 e. The molecule has 7 nitrogen and oxygen atoms in total. The van der Waals surface area contributed by atoms with E-state index in [2.05, 4.69) is 5.32 Å². The van der Waals surface area contributed by atoms with Gasteiger partial charge in [0.25, 0.3) is 5.91 Å². The molecule has 3 fully saturated rings. The second-order valence-electron chi connectivity index (χ2n) is 9.31. The Morgan fingerprint density at radius 3 is 2.58 bits per heavy atom. The Morgan fingerprint density at radius 2 is 1.77 bits per heavy atom. The number of piperidine rings is 2. The van der Waals surface area contributed by atoms with Crippen LogP contribution < -0.4 is 5.32 Å². The van der Waals surface area contributed by atoms with Crippen LogP contribution in [-0.4, -0.2) is 71.0 Å². The van der Waals surface area contributed by atoms with Crippen LogP contribution in [0.4, 0.5) is 0 Å². The summed E-state index contributed by atoms with van der Waals surface area (Å²) in [7, 11) is 0. The van der Waals surface area contributed by atoms with Crippen molar-refractivity contribution < 1.29 is 19.5 Å². The highest BCUT2D eigenvalue weighted by Gasteiger charge is 2.44. The first-order chi connectivity index (χ1) is 15.0. The minimum atomic E-state index is -0.597. The molecule has 1 saturated carbocycles. The van der Waals surface area contributed by atoms with Crippen LogP contribution in [-0.2, 0) is 9.59 Å². The highest BCUT2D eigenvalue weighted by atomic mass is 16.3. The number of benzene rings is 1. The summed E-state index contributed by atoms with van der Waals surface area (Å²) in [6.45, 7) is 2.19. The van der Waals surface area contributed by atoms with Crippen LogP contribution in [0, 0.1) is 11.8 Å². The minimum absolute atomic E-state index is 0.0620. The van der Waals surface area contributed by atoms with Gasteiger partial charge in [0.15, 0.2) is 0 Å². The number of hydrogen-bond donors (Lipinski definition) is 2. The summed E-state index contributed by atoms with van der Waals surface area (Å²) < 4.78 is 0. The van der Waals surface area contributed by atoms with Crippen molar-refractivity contribution in [2.45, 2.75) is 50.5 Å². The maximum atomic E-state index is 13.2. The Bertz CT molecular complexity index is 814. The lowest BCUT2D eigenvalue weighted by Gasteiger charge is -2.48. The number of nitrogens with zero attached hydrogens (tertiary/aromatic N) is 2. The summed E-state index contributed by atoms with van der Waals surface area (Å²) in [5, 5.41) is 13.6. The summed E-state index contributed by atoms with van der Waals surface area (Å²) in [6, 6.07) is 8.82. The van der Waals surface area contributed by atoms with Crippen molar-refractivity contribution in [1.82, 2.24) is 15.1 Å². The van der Waals surface area contributed by atoms with Crippen molar-refractivity contribution in [3.05, 3.63) is 35.9 Å². The first-order valence-electron chi connectivity index (χ1n) is 11.6. The van der Waals surface area contributed by atoms with Crippen molar-refractivity contribution >= 4 is 17.7 Å². The molecule has 2 saturated heterocycles. The first kappa shape index (κ1) is 21.8. The van der Waals surface area contributed by atoms with Gasteiger partial charge in [0.2, 0.25) is 11.8 Å². The third-order valence-electron chi connectivity index (χ3n) is 7.30. The van der Waals surface area contributed by atoms with E-state index in [1.165, 1.54) is 0 Å². The fraction of sp³-hybridized carbons (Fsp3) is 0.625. The predicted molar refractivity (Wildman–Crippen MR) is 116 cm³/mol. The van der Waals surface area contributed by atoms with Crippen molar-refractivity contribution in [3.63, 3.8) is 0 Å². The van der Waals surface area contributed by atoms with Gasteiger partial charge in [0.05, 0.1) is 18.1 Å². The van der Waals surface area contributed by atoms with Gasteiger partial charge in [-0.3, -0.25) is 14.4 Å². The fourth-order valence-electron chi connectivity index (χ4n) is 5.39. The van der Waals surface area contributed by atoms with E-state index in [1.54, 1.807) is 29.2 Å². The lowest BCUT2D eigenvalue weighted by atomic mass is 9.71. The van der Waals surface area contributed by atoms with E-state index in [0.29, 0.717) is 38.2 Å². The monoisotopic (exact) mass is 427 g/mol. The molecule has 1 aromatic carbocycles. The Labute approximate surface area is 183 Å². The molecule has 3 aliphatic rings. The summed E-state index contributed by atoms with van der Waals surface area (Å²) in [4.78, 5) is 41.7. The maximum Gasteiger partial charge on any atom is 0.251 e. The Kier molecular flexibility index (Phi) is 6.60. The Hall–Kier alpha value is -2.41. The lowest BCUT2D eigenvalue weighted by molar-refractivity contribution is -0.150. The van der Waals surface area contributed by atoms with Crippen LogP contribution in [0.15, 0.2) is 30.3 Å². The molecule has 4 rings (SSSR count). The van der Waals surface area contributed by atoms with Crippen LogP contribution in [0.3, 0.4) is 0 Å². The molecule has 2 aliphatic heterocycles. The molecule has 0 aromatic heterocycles. The molecule has 0 unspecified atom stereocenters. The first-order valence-corrected chi connectivity index (χ1v) is 11.6. The Morgan fingerprint density at radius 1 is 0.968 bits per heavy atom. The van der Waals surface area contributed by atoms with Crippen molar-refractivity contribution in [1.29, 1.82) is 0 Å². The molecule has 1 aliphatic carbocycles. The van der Waals surface area contributed by atoms with Crippen LogP contribution in [0.25, 0.3) is 0 Å². The lowest BCUT2D eigenvalue weighted by Crippen LogP contribution is -2.57. The number of fused-ring (bicyclic) bond motifs is 1. The normalized spacial score (nSPS) is 28.5. The zero-order valence-electron chi connectivity index (χ0n) is 18.1. The molecule has 0 bridgehead atoms. The number of carbonyl (C=O) groups excluding carboxylic acids is 3. The summed E-state index contributed by atoms with van der Waals surface area (Å²) in [5.74, 6) is -0.335. The van der Waals surface area contributed by atoms with E-state index in [0.717, 1.165) is 38.5 Å². The number of nitrogens with one attached hydrogen (secondary N) is 1. The molecular weight excluding hydrogens is 394 g/mol. The number of carbonyl (C=O) groups is 3. The summed E-state index contributed by atoms with van der Waals surface area (Å²) >= 11 is 0. The number of rotatable bonds is 4. The maximum absolute atomic E-state index is 13.2. The highest BCUT2D eigenvalue weighted by molar-refractivity contribution is 5.96. The van der Waals surface area contributed by atoms with Crippen molar-refractivity contribution in [2.24, 2.45) is 11.8 Å². The van der Waals surface area contributed by atoms with Crippen LogP contribution in [0.2, 0.25) is 0 Å². The molecule has 3 amide bonds. The molecule has 2 heterocycles. The van der Waals surface area contributed by atoms with Gasteiger partial charge in [-0.1, -0.05) is 31.0 Å². The number of aliphatic hydroxyl groups is 1. The molecule has 3 atom stereocenters. The molecular formula is C24H33N3O4. The van der Waals surface area contributed by atoms with E-state index in [-0.39, 0.29) is 36.1 Å². The fourth-order valence-corrected chi connectivity index (χ4v) is 5.39. The van der Waals surface area contributed by atoms with Gasteiger partial charge in [0, 0.05) is 37.7 Å². The molecule has 0 spiro atoms. The smallest absolute Gasteiger partial charge is 0.251 e. The third kappa shape index (κ3) is 4.92. The number of likely N-dealkylation sites (tertiary alicyclic amines) is 2. The Balaban J connectivity index is 1.29. The van der Waals surface area contributed by atoms with Gasteiger partial charge >= 0.3 is 0 Å². The summed E-state index contributed by atoms with van der Waals surface area (Å²) in [6.07, 6.45) is 6.25. The van der Waals surface area contributed by atoms with E-state index < -0.39 is 5.60 Å². The molecule has 0 radical (unpaired) electrons. The van der Waals surface area contributed by atoms with Crippen LogP contribution in [0.5, 0.6) is 0 Å². The second-order valence-corrected chi connectivity index (χ2v) is 9.31. The van der Waals surface area contributed by atoms with Crippen molar-refractivity contribution in [3.8, 4) is 0 Å². The van der Waals surface area contributed by atoms with Gasteiger partial charge in [0.1, 0.15) is 0 Å². The van der Waals surface area contributed by atoms with Gasteiger partial charge in [-0.05, 0) is 44.2 Å². The van der Waals surface area contributed by atoms with Gasteiger partial charge in [-0.25, -0.2) is 0 Å². The van der Waals surface area contributed by atoms with Crippen molar-refractivity contribution in [2.75, 3.05) is 32.7 Å². The number of hydrogen-bond acceptors (Lipinski definition) is 4. The zero-order valence-corrected chi connectivity index (χ0v) is 18.1. The standard InChI is InChI=1S/C24H33N3O4/c28-21(15-25-22(29)18-7-2-1-3-8-18)26-13-6-9-19(16-26)23(30)27-14-12-24(31)11-5-4-10-20(24)17-27/h1-3,7-8,19-20,31H,4-6,9-17H2,(H,25,29)/t19-,20-,24-/m0/s1. The topological polar surface area (TPSA) is 90.0 Å². The molecule has 2 N–H and O–H groups in total. The SMILES string of the molecule is O=C(NCC(=O)N1CCC[C@H](C(=O)N2CC[C@@]3(O)CCCC[C@H]3C2)C1)c1ccccc1. The third-order valence-corrected chi connectivity index (χ3v) is 7.30. The van der Waals surface area contributed by atoms with E-state index >= 15 is 0 Å². The number of amides is 3. The van der Waals surface area contributed by atoms with Gasteiger partial charge < -0.3 is 20.2 Å². The molecule has 168 valence electrons. The highest BCUT2D eigenvalue weighted by Crippen LogP contribution is 2.40. The van der Waals surface area contributed by atoms with Crippen LogP contribution in [0.1, 0.15) is 55.3 Å². The van der Waals surface area contributed by atoms with Gasteiger partial charge in [-0.15, -0.1) is 0 Å². The zero-order chi connectivity index (χ0) is 21.8. The molecule has 1 aromatic rings. The molecule has 31 heavy (non-hydrogen) atoms. The second kappa shape index (κ2) is 9.39. The van der Waals surface area contributed by atoms with Gasteiger partial charge in [-0.2, -0.15) is 0 Å².